The Morgan fingerprint density at radius 1 is 1.33 bits per heavy atom. The summed E-state index contributed by atoms with van der Waals surface area (Å²) < 4.78 is 43.2. The van der Waals surface area contributed by atoms with Crippen LogP contribution in [0, 0.1) is 11.3 Å². The predicted molar refractivity (Wildman–Crippen MR) is 80.2 cm³/mol. The molecule has 2 aliphatic heterocycles. The molecule has 132 valence electrons. The van der Waals surface area contributed by atoms with Crippen molar-refractivity contribution in [1.82, 2.24) is 4.90 Å². The zero-order valence-corrected chi connectivity index (χ0v) is 13.2. The zero-order chi connectivity index (χ0) is 17.4. The second-order valence-corrected chi connectivity index (χ2v) is 6.70. The molecule has 0 bridgehead atoms. The van der Waals surface area contributed by atoms with E-state index in [1.165, 1.54) is 12.1 Å². The lowest BCUT2D eigenvalue weighted by Gasteiger charge is -2.36. The molecule has 1 aromatic carbocycles. The van der Waals surface area contributed by atoms with Gasteiger partial charge in [0.05, 0.1) is 25.2 Å². The van der Waals surface area contributed by atoms with E-state index in [2.05, 4.69) is 0 Å². The molecule has 2 saturated heterocycles. The van der Waals surface area contributed by atoms with Gasteiger partial charge in [0.1, 0.15) is 0 Å². The van der Waals surface area contributed by atoms with Gasteiger partial charge in [0.25, 0.3) is 0 Å². The van der Waals surface area contributed by atoms with E-state index in [0.717, 1.165) is 18.6 Å². The minimum Gasteiger partial charge on any atom is -0.396 e. The van der Waals surface area contributed by atoms with Crippen LogP contribution in [0.4, 0.5) is 13.2 Å². The number of nitrogens with zero attached hydrogens (tertiary/aromatic N) is 1. The first-order valence-electron chi connectivity index (χ1n) is 7.97. The summed E-state index contributed by atoms with van der Waals surface area (Å²) in [6.07, 6.45) is -3.50. The summed E-state index contributed by atoms with van der Waals surface area (Å²) in [6.45, 7) is 2.06. The van der Waals surface area contributed by atoms with E-state index < -0.39 is 17.2 Å². The van der Waals surface area contributed by atoms with Gasteiger partial charge in [-0.2, -0.15) is 13.2 Å². The van der Waals surface area contributed by atoms with Crippen molar-refractivity contribution in [2.24, 2.45) is 11.3 Å². The summed E-state index contributed by atoms with van der Waals surface area (Å²) >= 11 is 0. The van der Waals surface area contributed by atoms with Crippen molar-refractivity contribution in [3.63, 3.8) is 0 Å². The Hall–Kier alpha value is -1.60. The largest absolute Gasteiger partial charge is 0.416 e. The van der Waals surface area contributed by atoms with E-state index in [4.69, 9.17) is 4.74 Å². The average Bonchev–Trinajstić information content (AvgIpc) is 2.95. The first kappa shape index (κ1) is 17.2. The number of benzene rings is 1. The number of amides is 1. The Balaban J connectivity index is 1.65. The molecule has 24 heavy (non-hydrogen) atoms. The third kappa shape index (κ3) is 3.28. The minimum absolute atomic E-state index is 0.0261. The molecule has 1 aromatic rings. The zero-order valence-electron chi connectivity index (χ0n) is 13.2. The molecule has 4 nitrogen and oxygen atoms in total. The Kier molecular flexibility index (Phi) is 4.57. The lowest BCUT2D eigenvalue weighted by Crippen LogP contribution is -2.43. The highest BCUT2D eigenvalue weighted by Gasteiger charge is 2.49. The van der Waals surface area contributed by atoms with Crippen LogP contribution in [0.5, 0.6) is 0 Å². The van der Waals surface area contributed by atoms with Crippen LogP contribution in [-0.4, -0.2) is 48.8 Å². The maximum Gasteiger partial charge on any atom is 0.416 e. The highest BCUT2D eigenvalue weighted by Crippen LogP contribution is 2.41. The van der Waals surface area contributed by atoms with Gasteiger partial charge in [0.15, 0.2) is 0 Å². The van der Waals surface area contributed by atoms with E-state index >= 15 is 0 Å². The van der Waals surface area contributed by atoms with Crippen molar-refractivity contribution >= 4 is 5.91 Å². The Morgan fingerprint density at radius 2 is 2.04 bits per heavy atom. The number of hydrogen-bond donors (Lipinski definition) is 1. The summed E-state index contributed by atoms with van der Waals surface area (Å²) in [4.78, 5) is 14.2. The second-order valence-electron chi connectivity index (χ2n) is 6.70. The van der Waals surface area contributed by atoms with Crippen molar-refractivity contribution in [1.29, 1.82) is 0 Å². The van der Waals surface area contributed by atoms with Crippen LogP contribution >= 0.6 is 0 Å². The number of rotatable bonds is 3. The first-order valence-corrected chi connectivity index (χ1v) is 7.97. The van der Waals surface area contributed by atoms with Gasteiger partial charge in [-0.3, -0.25) is 4.79 Å². The van der Waals surface area contributed by atoms with Gasteiger partial charge in [-0.25, -0.2) is 0 Å². The standard InChI is InChI=1S/C17H20F3NO3/c18-17(19,20)13-3-1-12(2-4-13)7-15(23)21-8-14-5-6-24-11-16(14,9-21)10-22/h1-4,14,22H,5-11H2/t14-,16+/m0/s1. The van der Waals surface area contributed by atoms with Crippen LogP contribution in [0.1, 0.15) is 17.5 Å². The van der Waals surface area contributed by atoms with Crippen LogP contribution in [-0.2, 0) is 22.1 Å². The molecule has 3 rings (SSSR count). The second kappa shape index (κ2) is 6.37. The third-order valence-electron chi connectivity index (χ3n) is 5.12. The van der Waals surface area contributed by atoms with Gasteiger partial charge in [-0.1, -0.05) is 12.1 Å². The molecule has 0 unspecified atom stereocenters. The van der Waals surface area contributed by atoms with Gasteiger partial charge >= 0.3 is 6.18 Å². The van der Waals surface area contributed by atoms with Gasteiger partial charge in [0, 0.05) is 25.1 Å². The highest BCUT2D eigenvalue weighted by molar-refractivity contribution is 5.79. The van der Waals surface area contributed by atoms with Crippen LogP contribution in [0.2, 0.25) is 0 Å². The lowest BCUT2D eigenvalue weighted by molar-refractivity contribution is -0.137. The SMILES string of the molecule is O=C(Cc1ccc(C(F)(F)F)cc1)N1C[C@@H]2CCOC[C@]2(CO)C1. The maximum atomic E-state index is 12.6. The van der Waals surface area contributed by atoms with E-state index in [1.54, 1.807) is 4.90 Å². The smallest absolute Gasteiger partial charge is 0.396 e. The average molecular weight is 343 g/mol. The summed E-state index contributed by atoms with van der Waals surface area (Å²) in [6, 6.07) is 4.67. The molecule has 0 radical (unpaired) electrons. The normalized spacial score (nSPS) is 27.2. The number of halogens is 3. The third-order valence-corrected chi connectivity index (χ3v) is 5.12. The van der Waals surface area contributed by atoms with Crippen molar-refractivity contribution < 1.29 is 27.8 Å². The van der Waals surface area contributed by atoms with Crippen molar-refractivity contribution in [3.05, 3.63) is 35.4 Å². The lowest BCUT2D eigenvalue weighted by atomic mass is 9.76. The highest BCUT2D eigenvalue weighted by atomic mass is 19.4. The Bertz CT molecular complexity index is 602. The topological polar surface area (TPSA) is 49.8 Å². The monoisotopic (exact) mass is 343 g/mol. The molecular weight excluding hydrogens is 323 g/mol. The quantitative estimate of drug-likeness (QED) is 0.914. The summed E-state index contributed by atoms with van der Waals surface area (Å²) in [7, 11) is 0. The fourth-order valence-electron chi connectivity index (χ4n) is 3.61. The molecule has 0 aliphatic carbocycles. The van der Waals surface area contributed by atoms with Gasteiger partial charge < -0.3 is 14.7 Å². The van der Waals surface area contributed by atoms with Crippen molar-refractivity contribution in [3.8, 4) is 0 Å². The number of hydrogen-bond acceptors (Lipinski definition) is 3. The van der Waals surface area contributed by atoms with Crippen molar-refractivity contribution in [2.75, 3.05) is 32.9 Å². The van der Waals surface area contributed by atoms with Gasteiger partial charge in [0.2, 0.25) is 5.91 Å². The number of carbonyl (C=O) groups excluding carboxylic acids is 1. The van der Waals surface area contributed by atoms with Crippen LogP contribution in [0.15, 0.2) is 24.3 Å². The molecule has 7 heteroatoms. The van der Waals surface area contributed by atoms with E-state index in [9.17, 15) is 23.1 Å². The Morgan fingerprint density at radius 3 is 2.62 bits per heavy atom. The summed E-state index contributed by atoms with van der Waals surface area (Å²) in [5, 5.41) is 9.72. The van der Waals surface area contributed by atoms with Crippen LogP contribution in [0.25, 0.3) is 0 Å². The number of ether oxygens (including phenoxy) is 1. The van der Waals surface area contributed by atoms with Gasteiger partial charge in [-0.15, -0.1) is 0 Å². The predicted octanol–water partition coefficient (Wildman–Crippen LogP) is 2.11. The molecule has 1 amide bonds. The molecule has 2 aliphatic rings. The molecule has 0 saturated carbocycles. The molecule has 2 atom stereocenters. The number of fused-ring (bicyclic) bond motifs is 1. The number of aliphatic hydroxyl groups is 1. The van der Waals surface area contributed by atoms with E-state index in [-0.39, 0.29) is 24.9 Å². The first-order chi connectivity index (χ1) is 11.3. The van der Waals surface area contributed by atoms with E-state index in [1.807, 2.05) is 0 Å². The Labute approximate surface area is 138 Å². The minimum atomic E-state index is -4.37. The number of likely N-dealkylation sites (tertiary alicyclic amines) is 1. The van der Waals surface area contributed by atoms with E-state index in [0.29, 0.717) is 31.9 Å². The number of carbonyl (C=O) groups is 1. The number of aliphatic hydroxyl groups excluding tert-OH is 1. The fourth-order valence-corrected chi connectivity index (χ4v) is 3.61. The summed E-state index contributed by atoms with van der Waals surface area (Å²) in [5.74, 6) is 0.0878. The van der Waals surface area contributed by atoms with Crippen LogP contribution in [0.3, 0.4) is 0 Å². The van der Waals surface area contributed by atoms with Gasteiger partial charge in [-0.05, 0) is 30.0 Å². The summed E-state index contributed by atoms with van der Waals surface area (Å²) in [5.41, 5.74) is -0.562. The van der Waals surface area contributed by atoms with Crippen molar-refractivity contribution in [2.45, 2.75) is 19.0 Å². The molecule has 0 spiro atoms. The molecular formula is C17H20F3NO3. The fraction of sp³-hybridized carbons (Fsp3) is 0.588. The molecule has 0 aromatic heterocycles. The molecule has 2 heterocycles. The molecule has 1 N–H and O–H groups in total. The molecule has 2 fully saturated rings. The maximum absolute atomic E-state index is 12.6. The van der Waals surface area contributed by atoms with Crippen LogP contribution < -0.4 is 0 Å². The number of alkyl halides is 3.